The minimum Gasteiger partial charge on any atom is -0.481 e. The minimum atomic E-state index is -0.822. The summed E-state index contributed by atoms with van der Waals surface area (Å²) in [4.78, 5) is 32.6. The first-order chi connectivity index (χ1) is 9.18. The van der Waals surface area contributed by atoms with E-state index < -0.39 is 5.97 Å². The van der Waals surface area contributed by atoms with Crippen LogP contribution in [0.25, 0.3) is 0 Å². The predicted molar refractivity (Wildman–Crippen MR) is 67.6 cm³/mol. The van der Waals surface area contributed by atoms with Crippen molar-refractivity contribution >= 4 is 11.9 Å². The van der Waals surface area contributed by atoms with Gasteiger partial charge in [-0.25, -0.2) is 4.98 Å². The Morgan fingerprint density at radius 2 is 2.21 bits per heavy atom. The van der Waals surface area contributed by atoms with Gasteiger partial charge in [0, 0.05) is 31.4 Å². The van der Waals surface area contributed by atoms with E-state index in [0.717, 1.165) is 19.3 Å². The van der Waals surface area contributed by atoms with Gasteiger partial charge in [-0.1, -0.05) is 0 Å². The Morgan fingerprint density at radius 1 is 1.37 bits per heavy atom. The van der Waals surface area contributed by atoms with Crippen LogP contribution in [0.15, 0.2) is 18.6 Å². The van der Waals surface area contributed by atoms with Gasteiger partial charge in [0.25, 0.3) is 5.91 Å². The Balaban J connectivity index is 2.06. The number of aromatic nitrogens is 2. The number of nitrogens with zero attached hydrogens (tertiary/aromatic N) is 3. The zero-order valence-corrected chi connectivity index (χ0v) is 10.7. The first kappa shape index (κ1) is 13.5. The molecule has 6 nitrogen and oxygen atoms in total. The molecular weight excluding hydrogens is 246 g/mol. The van der Waals surface area contributed by atoms with E-state index in [9.17, 15) is 9.59 Å². The number of piperidine rings is 1. The zero-order valence-electron chi connectivity index (χ0n) is 10.7. The number of amides is 1. The van der Waals surface area contributed by atoms with Gasteiger partial charge in [0.05, 0.1) is 6.20 Å². The van der Waals surface area contributed by atoms with Crippen LogP contribution < -0.4 is 0 Å². The molecule has 1 N–H and O–H groups in total. The topological polar surface area (TPSA) is 83.4 Å². The number of carbonyl (C=O) groups excluding carboxylic acids is 1. The smallest absolute Gasteiger partial charge is 0.303 e. The van der Waals surface area contributed by atoms with E-state index >= 15 is 0 Å². The highest BCUT2D eigenvalue weighted by atomic mass is 16.4. The van der Waals surface area contributed by atoms with E-state index in [4.69, 9.17) is 5.11 Å². The maximum absolute atomic E-state index is 12.3. The van der Waals surface area contributed by atoms with E-state index in [1.54, 1.807) is 4.90 Å². The summed E-state index contributed by atoms with van der Waals surface area (Å²) < 4.78 is 0. The van der Waals surface area contributed by atoms with Crippen molar-refractivity contribution in [3.05, 3.63) is 24.3 Å². The monoisotopic (exact) mass is 263 g/mol. The summed E-state index contributed by atoms with van der Waals surface area (Å²) in [6.07, 6.45) is 7.91. The van der Waals surface area contributed by atoms with Crippen LogP contribution in [0.3, 0.4) is 0 Å². The maximum Gasteiger partial charge on any atom is 0.303 e. The molecular formula is C13H17N3O3. The molecule has 102 valence electrons. The minimum absolute atomic E-state index is 0.000596. The molecule has 1 aliphatic rings. The van der Waals surface area contributed by atoms with Crippen molar-refractivity contribution in [3.63, 3.8) is 0 Å². The Bertz CT molecular complexity index is 450. The average molecular weight is 263 g/mol. The molecule has 1 atom stereocenters. The fourth-order valence-corrected chi connectivity index (χ4v) is 2.41. The van der Waals surface area contributed by atoms with Crippen LogP contribution in [0.1, 0.15) is 42.6 Å². The second-order valence-electron chi connectivity index (χ2n) is 4.67. The van der Waals surface area contributed by atoms with E-state index in [0.29, 0.717) is 18.7 Å². The molecule has 1 fully saturated rings. The molecule has 0 spiro atoms. The van der Waals surface area contributed by atoms with Crippen LogP contribution >= 0.6 is 0 Å². The Kier molecular flexibility index (Phi) is 4.43. The standard InChI is InChI=1S/C13H17N3O3/c17-12(18)5-4-10-3-1-2-8-16(10)13(19)11-9-14-6-7-15-11/h6-7,9-10H,1-5,8H2,(H,17,18)/t10-/m1/s1. The molecule has 1 amide bonds. The number of aliphatic carboxylic acids is 1. The summed E-state index contributed by atoms with van der Waals surface area (Å²) >= 11 is 0. The van der Waals surface area contributed by atoms with Crippen molar-refractivity contribution in [2.75, 3.05) is 6.54 Å². The predicted octanol–water partition coefficient (Wildman–Crippen LogP) is 1.34. The second kappa shape index (κ2) is 6.26. The molecule has 1 aromatic heterocycles. The third-order valence-electron chi connectivity index (χ3n) is 3.36. The third-order valence-corrected chi connectivity index (χ3v) is 3.36. The van der Waals surface area contributed by atoms with Crippen LogP contribution in [0.4, 0.5) is 0 Å². The average Bonchev–Trinajstić information content (AvgIpc) is 2.45. The van der Waals surface area contributed by atoms with Gasteiger partial charge < -0.3 is 10.0 Å². The molecule has 1 aromatic rings. The summed E-state index contributed by atoms with van der Waals surface area (Å²) in [5.41, 5.74) is 0.324. The number of carboxylic acid groups (broad SMARTS) is 1. The highest BCUT2D eigenvalue weighted by Gasteiger charge is 2.28. The van der Waals surface area contributed by atoms with Gasteiger partial charge in [-0.3, -0.25) is 14.6 Å². The third kappa shape index (κ3) is 3.49. The van der Waals surface area contributed by atoms with Crippen LogP contribution in [0.2, 0.25) is 0 Å². The zero-order chi connectivity index (χ0) is 13.7. The van der Waals surface area contributed by atoms with E-state index in [1.807, 2.05) is 0 Å². The summed E-state index contributed by atoms with van der Waals surface area (Å²) in [5.74, 6) is -0.972. The lowest BCUT2D eigenvalue weighted by Crippen LogP contribution is -2.44. The first-order valence-electron chi connectivity index (χ1n) is 6.47. The summed E-state index contributed by atoms with van der Waals surface area (Å²) in [6, 6.07) is -0.000596. The van der Waals surface area contributed by atoms with Crippen LogP contribution in [0, 0.1) is 0 Å². The summed E-state index contributed by atoms with van der Waals surface area (Å²) in [6.45, 7) is 0.666. The molecule has 19 heavy (non-hydrogen) atoms. The normalized spacial score (nSPS) is 19.2. The van der Waals surface area contributed by atoms with Crippen molar-refractivity contribution in [1.29, 1.82) is 0 Å². The lowest BCUT2D eigenvalue weighted by atomic mass is 9.97. The van der Waals surface area contributed by atoms with Crippen LogP contribution in [-0.2, 0) is 4.79 Å². The van der Waals surface area contributed by atoms with E-state index in [-0.39, 0.29) is 18.4 Å². The van der Waals surface area contributed by atoms with Crippen molar-refractivity contribution in [2.45, 2.75) is 38.1 Å². The molecule has 1 aliphatic heterocycles. The fraction of sp³-hybridized carbons (Fsp3) is 0.538. The highest BCUT2D eigenvalue weighted by molar-refractivity contribution is 5.92. The molecule has 1 saturated heterocycles. The van der Waals surface area contributed by atoms with Crippen molar-refractivity contribution in [1.82, 2.24) is 14.9 Å². The SMILES string of the molecule is O=C(O)CC[C@H]1CCCCN1C(=O)c1cnccn1. The van der Waals surface area contributed by atoms with Gasteiger partial charge in [-0.05, 0) is 25.7 Å². The van der Waals surface area contributed by atoms with Gasteiger partial charge in [-0.2, -0.15) is 0 Å². The molecule has 0 radical (unpaired) electrons. The van der Waals surface area contributed by atoms with Crippen molar-refractivity contribution < 1.29 is 14.7 Å². The number of hydrogen-bond donors (Lipinski definition) is 1. The van der Waals surface area contributed by atoms with Gasteiger partial charge in [0.2, 0.25) is 0 Å². The second-order valence-corrected chi connectivity index (χ2v) is 4.67. The Labute approximate surface area is 111 Å². The van der Waals surface area contributed by atoms with Gasteiger partial charge >= 0.3 is 5.97 Å². The molecule has 6 heteroatoms. The molecule has 0 saturated carbocycles. The van der Waals surface area contributed by atoms with E-state index in [2.05, 4.69) is 9.97 Å². The van der Waals surface area contributed by atoms with Gasteiger partial charge in [0.15, 0.2) is 0 Å². The lowest BCUT2D eigenvalue weighted by Gasteiger charge is -2.35. The fourth-order valence-electron chi connectivity index (χ4n) is 2.41. The Morgan fingerprint density at radius 3 is 2.89 bits per heavy atom. The van der Waals surface area contributed by atoms with Gasteiger partial charge in [0.1, 0.15) is 5.69 Å². The number of hydrogen-bond acceptors (Lipinski definition) is 4. The quantitative estimate of drug-likeness (QED) is 0.886. The Hall–Kier alpha value is -1.98. The van der Waals surface area contributed by atoms with Crippen LogP contribution in [0.5, 0.6) is 0 Å². The first-order valence-corrected chi connectivity index (χ1v) is 6.47. The number of carbonyl (C=O) groups is 2. The summed E-state index contributed by atoms with van der Waals surface area (Å²) in [5, 5.41) is 8.76. The number of likely N-dealkylation sites (tertiary alicyclic amines) is 1. The maximum atomic E-state index is 12.3. The number of rotatable bonds is 4. The molecule has 0 aliphatic carbocycles. The largest absolute Gasteiger partial charge is 0.481 e. The van der Waals surface area contributed by atoms with Crippen molar-refractivity contribution in [2.24, 2.45) is 0 Å². The highest BCUT2D eigenvalue weighted by Crippen LogP contribution is 2.22. The van der Waals surface area contributed by atoms with Gasteiger partial charge in [-0.15, -0.1) is 0 Å². The molecule has 0 aromatic carbocycles. The number of carboxylic acids is 1. The lowest BCUT2D eigenvalue weighted by molar-refractivity contribution is -0.137. The molecule has 2 heterocycles. The van der Waals surface area contributed by atoms with Crippen LogP contribution in [-0.4, -0.2) is 44.4 Å². The molecule has 0 unspecified atom stereocenters. The summed E-state index contributed by atoms with van der Waals surface area (Å²) in [7, 11) is 0. The van der Waals surface area contributed by atoms with Crippen molar-refractivity contribution in [3.8, 4) is 0 Å². The van der Waals surface area contributed by atoms with E-state index in [1.165, 1.54) is 18.6 Å². The molecule has 0 bridgehead atoms. The molecule has 2 rings (SSSR count).